The molecule has 2 saturated heterocycles. The molecule has 0 aromatic carbocycles. The van der Waals surface area contributed by atoms with Crippen molar-refractivity contribution in [1.82, 2.24) is 9.80 Å². The largest absolute Gasteiger partial charge is 0.444 e. The molecule has 0 bridgehead atoms. The number of nitrogens with zero attached hydrogens (tertiary/aromatic N) is 2. The molecule has 2 unspecified atom stereocenters. The summed E-state index contributed by atoms with van der Waals surface area (Å²) < 4.78 is 12.2. The lowest BCUT2D eigenvalue weighted by Crippen LogP contribution is -2.56. The van der Waals surface area contributed by atoms with Gasteiger partial charge < -0.3 is 19.2 Å². The summed E-state index contributed by atoms with van der Waals surface area (Å²) in [4.78, 5) is 16.7. The van der Waals surface area contributed by atoms with Crippen molar-refractivity contribution in [2.75, 3.05) is 26.7 Å². The zero-order valence-electron chi connectivity index (χ0n) is 18.7. The number of rotatable bonds is 4. The molecule has 0 saturated carbocycles. The van der Waals surface area contributed by atoms with E-state index in [1.165, 1.54) is 0 Å². The molecule has 27 heavy (non-hydrogen) atoms. The number of amides is 1. The molecule has 2 aliphatic heterocycles. The predicted molar refractivity (Wildman–Crippen MR) is 110 cm³/mol. The van der Waals surface area contributed by atoms with Crippen LogP contribution in [0.5, 0.6) is 0 Å². The third kappa shape index (κ3) is 5.46. The van der Waals surface area contributed by atoms with Crippen molar-refractivity contribution in [3.8, 4) is 0 Å². The molecule has 0 spiro atoms. The monoisotopic (exact) mass is 400 g/mol. The van der Waals surface area contributed by atoms with Crippen molar-refractivity contribution in [3.63, 3.8) is 0 Å². The van der Waals surface area contributed by atoms with E-state index in [4.69, 9.17) is 9.16 Å². The van der Waals surface area contributed by atoms with Crippen molar-refractivity contribution in [2.45, 2.75) is 89.9 Å². The molecule has 1 N–H and O–H groups in total. The van der Waals surface area contributed by atoms with E-state index in [-0.39, 0.29) is 29.2 Å². The molecule has 0 aromatic heterocycles. The molecule has 0 radical (unpaired) electrons. The Morgan fingerprint density at radius 2 is 1.67 bits per heavy atom. The fraction of sp³-hybridized carbons (Fsp3) is 0.950. The summed E-state index contributed by atoms with van der Waals surface area (Å²) >= 11 is 0. The fourth-order valence-electron chi connectivity index (χ4n) is 3.64. The van der Waals surface area contributed by atoms with Gasteiger partial charge in [-0.05, 0) is 52.4 Å². The van der Waals surface area contributed by atoms with Gasteiger partial charge in [-0.25, -0.2) is 4.79 Å². The second-order valence-corrected chi connectivity index (χ2v) is 15.7. The molecule has 1 amide bonds. The fourth-order valence-corrected chi connectivity index (χ4v) is 4.99. The van der Waals surface area contributed by atoms with Gasteiger partial charge in [-0.3, -0.25) is 4.90 Å². The SMILES string of the molecule is CN1CC(C(O)[C@@H]2CC(O[Si](C)(C)C(C)(C)C)CN2C(=O)OC(C)(C)C)C1. The highest BCUT2D eigenvalue weighted by atomic mass is 28.4. The van der Waals surface area contributed by atoms with Crippen molar-refractivity contribution >= 4 is 14.4 Å². The molecular weight excluding hydrogens is 360 g/mol. The first-order valence-corrected chi connectivity index (χ1v) is 13.1. The Balaban J connectivity index is 2.14. The molecule has 6 nitrogen and oxygen atoms in total. The van der Waals surface area contributed by atoms with Gasteiger partial charge in [0.25, 0.3) is 0 Å². The second-order valence-electron chi connectivity index (χ2n) is 10.9. The quantitative estimate of drug-likeness (QED) is 0.734. The van der Waals surface area contributed by atoms with E-state index in [1.807, 2.05) is 27.8 Å². The van der Waals surface area contributed by atoms with Gasteiger partial charge in [0.1, 0.15) is 5.60 Å². The lowest BCUT2D eigenvalue weighted by molar-refractivity contribution is -0.0408. The van der Waals surface area contributed by atoms with E-state index in [0.717, 1.165) is 13.1 Å². The highest BCUT2D eigenvalue weighted by Gasteiger charge is 2.48. The van der Waals surface area contributed by atoms with Gasteiger partial charge in [-0.2, -0.15) is 0 Å². The van der Waals surface area contributed by atoms with Gasteiger partial charge in [-0.15, -0.1) is 0 Å². The van der Waals surface area contributed by atoms with Crippen LogP contribution in [0.4, 0.5) is 4.79 Å². The standard InChI is InChI=1S/C20H40N2O4Si/c1-19(2,3)25-18(24)22-13-15(26-27(8,9)20(4,5)6)10-16(22)17(23)14-11-21(7)12-14/h14-17,23H,10-13H2,1-9H3/t15?,16-,17?/m0/s1. The van der Waals surface area contributed by atoms with Crippen molar-refractivity contribution in [1.29, 1.82) is 0 Å². The van der Waals surface area contributed by atoms with Crippen molar-refractivity contribution < 1.29 is 19.1 Å². The molecule has 158 valence electrons. The van der Waals surface area contributed by atoms with Crippen molar-refractivity contribution in [3.05, 3.63) is 0 Å². The molecule has 2 heterocycles. The van der Waals surface area contributed by atoms with Gasteiger partial charge in [0.2, 0.25) is 0 Å². The summed E-state index contributed by atoms with van der Waals surface area (Å²) in [5, 5.41) is 11.1. The van der Waals surface area contributed by atoms with E-state index in [2.05, 4.69) is 38.8 Å². The maximum atomic E-state index is 12.8. The second kappa shape index (κ2) is 7.65. The molecular formula is C20H40N2O4Si. The average Bonchev–Trinajstić information content (AvgIpc) is 2.83. The van der Waals surface area contributed by atoms with E-state index >= 15 is 0 Å². The summed E-state index contributed by atoms with van der Waals surface area (Å²) in [6.45, 7) is 19.0. The minimum atomic E-state index is -1.95. The number of aliphatic hydroxyl groups excluding tert-OH is 1. The Hall–Kier alpha value is -0.633. The molecule has 2 rings (SSSR count). The van der Waals surface area contributed by atoms with Crippen LogP contribution < -0.4 is 0 Å². The Morgan fingerprint density at radius 3 is 2.11 bits per heavy atom. The van der Waals surface area contributed by atoms with Crippen LogP contribution in [-0.2, 0) is 9.16 Å². The smallest absolute Gasteiger partial charge is 0.410 e. The third-order valence-electron chi connectivity index (χ3n) is 6.17. The number of carbonyl (C=O) groups is 1. The summed E-state index contributed by atoms with van der Waals surface area (Å²) in [7, 11) is 0.102. The first-order chi connectivity index (χ1) is 12.1. The first-order valence-electron chi connectivity index (χ1n) is 10.1. The zero-order chi connectivity index (χ0) is 20.8. The highest BCUT2D eigenvalue weighted by molar-refractivity contribution is 6.74. The maximum Gasteiger partial charge on any atom is 0.410 e. The Kier molecular flexibility index (Phi) is 6.42. The average molecular weight is 401 g/mol. The summed E-state index contributed by atoms with van der Waals surface area (Å²) in [6.07, 6.45) is -0.259. The van der Waals surface area contributed by atoms with Crippen molar-refractivity contribution in [2.24, 2.45) is 5.92 Å². The van der Waals surface area contributed by atoms with Crippen LogP contribution in [0, 0.1) is 5.92 Å². The number of hydrogen-bond acceptors (Lipinski definition) is 5. The normalized spacial score (nSPS) is 26.8. The number of aliphatic hydroxyl groups is 1. The maximum absolute atomic E-state index is 12.8. The lowest BCUT2D eigenvalue weighted by Gasteiger charge is -2.42. The molecule has 7 heteroatoms. The Labute approximate surface area is 166 Å². The van der Waals surface area contributed by atoms with Gasteiger partial charge >= 0.3 is 6.09 Å². The van der Waals surface area contributed by atoms with Gasteiger partial charge in [0.05, 0.1) is 18.2 Å². The third-order valence-corrected chi connectivity index (χ3v) is 10.7. The lowest BCUT2D eigenvalue weighted by atomic mass is 9.88. The molecule has 2 fully saturated rings. The Bertz CT molecular complexity index is 535. The number of ether oxygens (including phenoxy) is 1. The van der Waals surface area contributed by atoms with Gasteiger partial charge in [0.15, 0.2) is 8.32 Å². The summed E-state index contributed by atoms with van der Waals surface area (Å²) in [6, 6.07) is -0.242. The Morgan fingerprint density at radius 1 is 1.11 bits per heavy atom. The first kappa shape index (κ1) is 22.7. The number of carbonyl (C=O) groups excluding carboxylic acids is 1. The van der Waals surface area contributed by atoms with Crippen LogP contribution in [0.2, 0.25) is 18.1 Å². The van der Waals surface area contributed by atoms with Gasteiger partial charge in [0, 0.05) is 25.6 Å². The van der Waals surface area contributed by atoms with E-state index in [1.54, 1.807) is 4.90 Å². The van der Waals surface area contributed by atoms with Gasteiger partial charge in [-0.1, -0.05) is 20.8 Å². The number of hydrogen-bond donors (Lipinski definition) is 1. The van der Waals surface area contributed by atoms with Crippen LogP contribution in [-0.4, -0.2) is 79.8 Å². The van der Waals surface area contributed by atoms with Crippen LogP contribution in [0.1, 0.15) is 48.0 Å². The van der Waals surface area contributed by atoms with Crippen LogP contribution in [0.25, 0.3) is 0 Å². The predicted octanol–water partition coefficient (Wildman–Crippen LogP) is 3.31. The van der Waals surface area contributed by atoms with E-state index in [9.17, 15) is 9.90 Å². The minimum absolute atomic E-state index is 0.0455. The molecule has 0 aliphatic carbocycles. The molecule has 0 aromatic rings. The summed E-state index contributed by atoms with van der Waals surface area (Å²) in [5.41, 5.74) is -0.554. The van der Waals surface area contributed by atoms with Crippen LogP contribution in [0.15, 0.2) is 0 Å². The van der Waals surface area contributed by atoms with E-state index < -0.39 is 20.0 Å². The summed E-state index contributed by atoms with van der Waals surface area (Å²) in [5.74, 6) is 0.205. The molecule has 2 aliphatic rings. The van der Waals surface area contributed by atoms with Crippen LogP contribution >= 0.6 is 0 Å². The topological polar surface area (TPSA) is 62.2 Å². The zero-order valence-corrected chi connectivity index (χ0v) is 19.7. The van der Waals surface area contributed by atoms with Crippen LogP contribution in [0.3, 0.4) is 0 Å². The highest BCUT2D eigenvalue weighted by Crippen LogP contribution is 2.40. The number of likely N-dealkylation sites (tertiary alicyclic amines) is 2. The van der Waals surface area contributed by atoms with E-state index in [0.29, 0.717) is 13.0 Å². The molecule has 3 atom stereocenters. The minimum Gasteiger partial charge on any atom is -0.444 e.